The number of rotatable bonds is 8. The van der Waals surface area contributed by atoms with Crippen LogP contribution in [-0.2, 0) is 6.42 Å². The number of hydrogen-bond donors (Lipinski definition) is 1. The summed E-state index contributed by atoms with van der Waals surface area (Å²) in [5.41, 5.74) is 1.26. The highest BCUT2D eigenvalue weighted by atomic mass is 32.1. The minimum atomic E-state index is 0.524. The molecule has 0 fully saturated rings. The maximum absolute atomic E-state index is 6.09. The number of allylic oxidation sites excluding steroid dienone is 1. The minimum absolute atomic E-state index is 0.524. The van der Waals surface area contributed by atoms with Gasteiger partial charge in [-0.25, -0.2) is 0 Å². The Labute approximate surface area is 148 Å². The highest BCUT2D eigenvalue weighted by molar-refractivity contribution is 7.26. The van der Waals surface area contributed by atoms with Crippen LogP contribution < -0.4 is 10.1 Å². The summed E-state index contributed by atoms with van der Waals surface area (Å²) < 4.78 is 8.75. The molecular weight excluding hydrogens is 314 g/mol. The molecule has 0 unspecified atom stereocenters. The van der Waals surface area contributed by atoms with E-state index >= 15 is 0 Å². The van der Waals surface area contributed by atoms with Gasteiger partial charge in [0, 0.05) is 31.8 Å². The van der Waals surface area contributed by atoms with Gasteiger partial charge in [0.2, 0.25) is 0 Å². The highest BCUT2D eigenvalue weighted by Crippen LogP contribution is 2.39. The lowest BCUT2D eigenvalue weighted by atomic mass is 10.1. The number of thiophene rings is 1. The molecule has 24 heavy (non-hydrogen) atoms. The summed E-state index contributed by atoms with van der Waals surface area (Å²) in [5.74, 6) is 0.999. The van der Waals surface area contributed by atoms with Crippen molar-refractivity contribution >= 4 is 31.5 Å². The molecule has 0 aliphatic rings. The summed E-state index contributed by atoms with van der Waals surface area (Å²) in [5, 5.41) is 6.07. The average Bonchev–Trinajstić information content (AvgIpc) is 2.95. The molecule has 0 aliphatic carbocycles. The van der Waals surface area contributed by atoms with Crippen molar-refractivity contribution < 1.29 is 4.74 Å². The molecule has 0 saturated heterocycles. The van der Waals surface area contributed by atoms with Crippen LogP contribution in [-0.4, -0.2) is 19.2 Å². The molecule has 1 N–H and O–H groups in total. The van der Waals surface area contributed by atoms with Gasteiger partial charge in [-0.2, -0.15) is 0 Å². The van der Waals surface area contributed by atoms with Gasteiger partial charge in [-0.05, 0) is 37.6 Å². The Morgan fingerprint density at radius 1 is 1.17 bits per heavy atom. The molecule has 0 spiro atoms. The maximum Gasteiger partial charge on any atom is 0.124 e. The topological polar surface area (TPSA) is 21.3 Å². The van der Waals surface area contributed by atoms with Gasteiger partial charge in [-0.15, -0.1) is 17.9 Å². The quantitative estimate of drug-likeness (QED) is 0.429. The van der Waals surface area contributed by atoms with E-state index in [1.165, 1.54) is 25.7 Å². The molecule has 0 aliphatic heterocycles. The van der Waals surface area contributed by atoms with Gasteiger partial charge in [0.15, 0.2) is 0 Å². The summed E-state index contributed by atoms with van der Waals surface area (Å²) in [6, 6.07) is 13.4. The first-order valence-electron chi connectivity index (χ1n) is 8.61. The van der Waals surface area contributed by atoms with E-state index in [2.05, 4.69) is 62.1 Å². The monoisotopic (exact) mass is 339 g/mol. The molecule has 3 rings (SSSR count). The van der Waals surface area contributed by atoms with Crippen molar-refractivity contribution in [3.63, 3.8) is 0 Å². The average molecular weight is 340 g/mol. The van der Waals surface area contributed by atoms with Gasteiger partial charge in [0.1, 0.15) is 5.75 Å². The van der Waals surface area contributed by atoms with Crippen LogP contribution in [0.5, 0.6) is 5.75 Å². The van der Waals surface area contributed by atoms with E-state index in [1.807, 2.05) is 17.4 Å². The van der Waals surface area contributed by atoms with Crippen molar-refractivity contribution in [2.24, 2.45) is 0 Å². The Morgan fingerprint density at radius 3 is 2.79 bits per heavy atom. The van der Waals surface area contributed by atoms with Crippen molar-refractivity contribution in [2.75, 3.05) is 13.2 Å². The molecule has 3 aromatic rings. The van der Waals surface area contributed by atoms with Crippen LogP contribution in [0.4, 0.5) is 0 Å². The molecule has 2 nitrogen and oxygen atoms in total. The van der Waals surface area contributed by atoms with Crippen LogP contribution in [0.2, 0.25) is 0 Å². The first kappa shape index (κ1) is 17.0. The third kappa shape index (κ3) is 3.63. The summed E-state index contributed by atoms with van der Waals surface area (Å²) in [4.78, 5) is 0. The van der Waals surface area contributed by atoms with E-state index < -0.39 is 0 Å². The molecule has 0 bridgehead atoms. The van der Waals surface area contributed by atoms with Crippen molar-refractivity contribution in [2.45, 2.75) is 32.7 Å². The van der Waals surface area contributed by atoms with Gasteiger partial charge in [0.25, 0.3) is 0 Å². The van der Waals surface area contributed by atoms with Crippen LogP contribution >= 0.6 is 11.3 Å². The molecule has 0 saturated carbocycles. The molecule has 0 amide bonds. The molecule has 0 atom stereocenters. The second-order valence-electron chi connectivity index (χ2n) is 6.32. The van der Waals surface area contributed by atoms with Crippen LogP contribution in [0.1, 0.15) is 25.8 Å². The van der Waals surface area contributed by atoms with E-state index in [0.29, 0.717) is 6.04 Å². The fourth-order valence-electron chi connectivity index (χ4n) is 2.94. The molecule has 2 aromatic carbocycles. The van der Waals surface area contributed by atoms with Crippen molar-refractivity contribution in [3.05, 3.63) is 54.6 Å². The first-order valence-corrected chi connectivity index (χ1v) is 9.42. The predicted octanol–water partition coefficient (Wildman–Crippen LogP) is 5.55. The summed E-state index contributed by atoms with van der Waals surface area (Å²) in [6.45, 7) is 9.98. The molecule has 1 aromatic heterocycles. The van der Waals surface area contributed by atoms with E-state index in [0.717, 1.165) is 31.7 Å². The number of ether oxygens (including phenoxy) is 1. The van der Waals surface area contributed by atoms with E-state index in [9.17, 15) is 0 Å². The summed E-state index contributed by atoms with van der Waals surface area (Å²) in [7, 11) is 0. The van der Waals surface area contributed by atoms with Crippen LogP contribution in [0.15, 0.2) is 49.1 Å². The summed E-state index contributed by atoms with van der Waals surface area (Å²) in [6.07, 6.45) is 3.81. The van der Waals surface area contributed by atoms with Crippen LogP contribution in [0, 0.1) is 0 Å². The fourth-order valence-corrected chi connectivity index (χ4v) is 4.19. The van der Waals surface area contributed by atoms with Crippen molar-refractivity contribution in [3.8, 4) is 5.75 Å². The maximum atomic E-state index is 6.09. The Kier molecular flexibility index (Phi) is 5.54. The van der Waals surface area contributed by atoms with Gasteiger partial charge >= 0.3 is 0 Å². The zero-order valence-electron chi connectivity index (χ0n) is 14.5. The Bertz CT molecular complexity index is 834. The van der Waals surface area contributed by atoms with Crippen molar-refractivity contribution in [1.29, 1.82) is 0 Å². The number of hydrogen-bond acceptors (Lipinski definition) is 3. The second kappa shape index (κ2) is 7.82. The lowest BCUT2D eigenvalue weighted by Crippen LogP contribution is -2.24. The lowest BCUT2D eigenvalue weighted by molar-refractivity contribution is 0.304. The Morgan fingerprint density at radius 2 is 2.00 bits per heavy atom. The highest BCUT2D eigenvalue weighted by Gasteiger charge is 2.12. The van der Waals surface area contributed by atoms with Crippen LogP contribution in [0.25, 0.3) is 20.2 Å². The molecule has 1 heterocycles. The van der Waals surface area contributed by atoms with E-state index in [1.54, 1.807) is 0 Å². The number of fused-ring (bicyclic) bond motifs is 3. The fraction of sp³-hybridized carbons (Fsp3) is 0.333. The zero-order chi connectivity index (χ0) is 16.9. The third-order valence-corrected chi connectivity index (χ3v) is 5.33. The van der Waals surface area contributed by atoms with Crippen molar-refractivity contribution in [1.82, 2.24) is 5.32 Å². The van der Waals surface area contributed by atoms with Gasteiger partial charge in [0.05, 0.1) is 6.61 Å². The third-order valence-electron chi connectivity index (χ3n) is 4.09. The number of benzene rings is 2. The second-order valence-corrected chi connectivity index (χ2v) is 7.37. The van der Waals surface area contributed by atoms with Gasteiger partial charge in [-0.3, -0.25) is 0 Å². The zero-order valence-corrected chi connectivity index (χ0v) is 15.3. The normalized spacial score (nSPS) is 11.5. The minimum Gasteiger partial charge on any atom is -0.493 e. The van der Waals surface area contributed by atoms with Crippen LogP contribution in [0.3, 0.4) is 0 Å². The first-order chi connectivity index (χ1) is 11.7. The van der Waals surface area contributed by atoms with Gasteiger partial charge in [-0.1, -0.05) is 38.1 Å². The Balaban J connectivity index is 1.86. The molecule has 0 radical (unpaired) electrons. The Hall–Kier alpha value is -1.84. The predicted molar refractivity (Wildman–Crippen MR) is 106 cm³/mol. The molecule has 126 valence electrons. The van der Waals surface area contributed by atoms with Gasteiger partial charge < -0.3 is 10.1 Å². The standard InChI is InChI=1S/C21H25NOS/c1-4-8-18-19(23-14-7-13-22-15(2)3)12-11-17-16-9-5-6-10-20(16)24-21(17)18/h4-6,9-12,15,22H,1,7-8,13-14H2,2-3H3. The molecule has 3 heteroatoms. The smallest absolute Gasteiger partial charge is 0.124 e. The lowest BCUT2D eigenvalue weighted by Gasteiger charge is -2.13. The number of nitrogens with one attached hydrogen (secondary N) is 1. The van der Waals surface area contributed by atoms with E-state index in [4.69, 9.17) is 4.74 Å². The largest absolute Gasteiger partial charge is 0.493 e. The molecular formula is C21H25NOS. The summed E-state index contributed by atoms with van der Waals surface area (Å²) >= 11 is 1.85. The SMILES string of the molecule is C=CCc1c(OCCCNC(C)C)ccc2c1sc1ccccc12. The van der Waals surface area contributed by atoms with E-state index in [-0.39, 0.29) is 0 Å².